The van der Waals surface area contributed by atoms with Crippen molar-refractivity contribution in [3.05, 3.63) is 75.9 Å². The fourth-order valence-electron chi connectivity index (χ4n) is 7.49. The Morgan fingerprint density at radius 2 is 1.81 bits per heavy atom. The first kappa shape index (κ1) is 37.5. The quantitative estimate of drug-likeness (QED) is 0.228. The summed E-state index contributed by atoms with van der Waals surface area (Å²) in [4.78, 5) is 42.1. The second-order valence-electron chi connectivity index (χ2n) is 13.9. The number of allylic oxidation sites excluding steroid dienone is 1. The van der Waals surface area contributed by atoms with Gasteiger partial charge in [-0.1, -0.05) is 24.3 Å². The van der Waals surface area contributed by atoms with Crippen molar-refractivity contribution in [2.75, 3.05) is 41.1 Å². The molecule has 0 saturated heterocycles. The lowest BCUT2D eigenvalue weighted by atomic mass is 9.84. The number of phenolic OH excluding ortho intramolecular Hbond substituents is 2. The minimum absolute atomic E-state index is 0.0308. The fourth-order valence-corrected chi connectivity index (χ4v) is 7.49. The minimum Gasteiger partial charge on any atom is -0.507 e. The van der Waals surface area contributed by atoms with Crippen LogP contribution in [-0.4, -0.2) is 80.0 Å². The molecule has 3 aromatic carbocycles. The predicted octanol–water partition coefficient (Wildman–Crippen LogP) is 6.19. The number of likely N-dealkylation sites (N-methyl/N-ethyl adjacent to an activating group) is 1. The van der Waals surface area contributed by atoms with Crippen LogP contribution in [0.15, 0.2) is 42.5 Å². The van der Waals surface area contributed by atoms with Gasteiger partial charge in [-0.25, -0.2) is 4.79 Å². The first-order valence-electron chi connectivity index (χ1n) is 18.2. The number of carbonyl (C=O) groups is 3. The van der Waals surface area contributed by atoms with Crippen LogP contribution in [-0.2, 0) is 20.7 Å². The van der Waals surface area contributed by atoms with Crippen LogP contribution in [0.3, 0.4) is 0 Å². The standard InChI is InChI=1S/C41H48N2O10/c1-24-9-8-12-28(44)11-7-5-6-10-26-19-32(45)37(38(47)36(26)41(48)53-24)30(25-13-15-29(49-3)16-14-25)21-34(46)42-22-31-35-27(17-18-43(31)2)20-33-39(40(35)50-4)52-23-51-33/h6,10,13-16,19-20,24,30-31,45,47H,5,7-9,11-12,17-18,21-23H2,1-4H3,(H,42,46). The summed E-state index contributed by atoms with van der Waals surface area (Å²) in [7, 11) is 5.13. The van der Waals surface area contributed by atoms with Crippen LogP contribution in [0.25, 0.3) is 6.08 Å². The first-order chi connectivity index (χ1) is 25.6. The highest BCUT2D eigenvalue weighted by Crippen LogP contribution is 2.49. The highest BCUT2D eigenvalue weighted by molar-refractivity contribution is 5.98. The largest absolute Gasteiger partial charge is 0.507 e. The Bertz CT molecular complexity index is 1870. The molecule has 0 spiro atoms. The van der Waals surface area contributed by atoms with E-state index >= 15 is 0 Å². The average Bonchev–Trinajstić information content (AvgIpc) is 3.61. The lowest BCUT2D eigenvalue weighted by Crippen LogP contribution is -2.40. The molecule has 0 bridgehead atoms. The maximum atomic E-state index is 14.0. The summed E-state index contributed by atoms with van der Waals surface area (Å²) in [6.07, 6.45) is 6.71. The van der Waals surface area contributed by atoms with Crippen LogP contribution in [0.1, 0.15) is 102 Å². The molecule has 0 radical (unpaired) electrons. The van der Waals surface area contributed by atoms with Gasteiger partial charge in [0.25, 0.3) is 0 Å². The third-order valence-electron chi connectivity index (χ3n) is 10.3. The Morgan fingerprint density at radius 3 is 2.57 bits per heavy atom. The Morgan fingerprint density at radius 1 is 1.04 bits per heavy atom. The van der Waals surface area contributed by atoms with Crippen LogP contribution >= 0.6 is 0 Å². The molecular formula is C41H48N2O10. The van der Waals surface area contributed by atoms with Crippen molar-refractivity contribution in [3.63, 3.8) is 0 Å². The molecule has 1 amide bonds. The number of aromatic hydroxyl groups is 2. The molecule has 3 aliphatic heterocycles. The molecule has 12 heteroatoms. The number of fused-ring (bicyclic) bond motifs is 3. The van der Waals surface area contributed by atoms with Gasteiger partial charge in [-0.15, -0.1) is 0 Å². The Kier molecular flexibility index (Phi) is 11.8. The number of benzene rings is 3. The van der Waals surface area contributed by atoms with Gasteiger partial charge in [-0.2, -0.15) is 0 Å². The molecule has 53 heavy (non-hydrogen) atoms. The highest BCUT2D eigenvalue weighted by Gasteiger charge is 2.35. The van der Waals surface area contributed by atoms with E-state index < -0.39 is 23.7 Å². The van der Waals surface area contributed by atoms with Crippen LogP contribution in [0, 0.1) is 0 Å². The fraction of sp³-hybridized carbons (Fsp3) is 0.439. The summed E-state index contributed by atoms with van der Waals surface area (Å²) in [6.45, 7) is 2.86. The lowest BCUT2D eigenvalue weighted by molar-refractivity contribution is -0.121. The van der Waals surface area contributed by atoms with Crippen LogP contribution in [0.4, 0.5) is 0 Å². The lowest BCUT2D eigenvalue weighted by Gasteiger charge is -2.36. The number of nitrogens with one attached hydrogen (secondary N) is 1. The normalized spacial score (nSPS) is 19.7. The highest BCUT2D eigenvalue weighted by atomic mass is 16.7. The Hall–Kier alpha value is -5.23. The molecule has 0 aliphatic carbocycles. The van der Waals surface area contributed by atoms with Gasteiger partial charge in [-0.05, 0) is 87.0 Å². The molecule has 3 aromatic rings. The van der Waals surface area contributed by atoms with E-state index in [2.05, 4.69) is 10.2 Å². The zero-order valence-corrected chi connectivity index (χ0v) is 30.7. The van der Waals surface area contributed by atoms with E-state index in [9.17, 15) is 24.6 Å². The van der Waals surface area contributed by atoms with Crippen molar-refractivity contribution in [2.45, 2.75) is 76.4 Å². The van der Waals surface area contributed by atoms with Gasteiger partial charge in [0, 0.05) is 49.4 Å². The molecule has 0 fully saturated rings. The number of methoxy groups -OCH3 is 2. The molecule has 6 rings (SSSR count). The second-order valence-corrected chi connectivity index (χ2v) is 13.9. The van der Waals surface area contributed by atoms with Crippen molar-refractivity contribution in [3.8, 4) is 34.5 Å². The molecule has 3 atom stereocenters. The van der Waals surface area contributed by atoms with Crippen LogP contribution in [0.2, 0.25) is 0 Å². The van der Waals surface area contributed by atoms with Crippen molar-refractivity contribution < 1.29 is 48.3 Å². The van der Waals surface area contributed by atoms with Crippen molar-refractivity contribution in [1.29, 1.82) is 0 Å². The predicted molar refractivity (Wildman–Crippen MR) is 197 cm³/mol. The third-order valence-corrected chi connectivity index (χ3v) is 10.3. The van der Waals surface area contributed by atoms with Crippen molar-refractivity contribution in [2.24, 2.45) is 0 Å². The number of hydrogen-bond donors (Lipinski definition) is 3. The number of Topliss-reactive ketones (excluding diaryl/α,β-unsaturated/α-hetero) is 1. The zero-order valence-electron chi connectivity index (χ0n) is 30.7. The summed E-state index contributed by atoms with van der Waals surface area (Å²) < 4.78 is 28.3. The van der Waals surface area contributed by atoms with Gasteiger partial charge >= 0.3 is 5.97 Å². The van der Waals surface area contributed by atoms with E-state index in [1.165, 1.54) is 6.07 Å². The number of carbonyl (C=O) groups excluding carboxylic acids is 3. The second kappa shape index (κ2) is 16.6. The summed E-state index contributed by atoms with van der Waals surface area (Å²) in [5.41, 5.74) is 2.80. The molecule has 3 aliphatic rings. The van der Waals surface area contributed by atoms with E-state index in [-0.39, 0.29) is 59.9 Å². The Labute approximate surface area is 309 Å². The van der Waals surface area contributed by atoms with Gasteiger partial charge in [0.1, 0.15) is 28.6 Å². The number of ketones is 1. The zero-order chi connectivity index (χ0) is 37.6. The molecule has 0 aromatic heterocycles. The smallest absolute Gasteiger partial charge is 0.342 e. The number of cyclic esters (lactones) is 1. The Balaban J connectivity index is 1.33. The molecule has 0 saturated carbocycles. The van der Waals surface area contributed by atoms with E-state index in [1.54, 1.807) is 51.5 Å². The van der Waals surface area contributed by atoms with E-state index in [4.69, 9.17) is 23.7 Å². The molecule has 3 unspecified atom stereocenters. The topological polar surface area (TPSA) is 153 Å². The van der Waals surface area contributed by atoms with Crippen molar-refractivity contribution >= 4 is 23.7 Å². The average molecular weight is 729 g/mol. The van der Waals surface area contributed by atoms with E-state index in [0.29, 0.717) is 67.1 Å². The monoisotopic (exact) mass is 728 g/mol. The first-order valence-corrected chi connectivity index (χ1v) is 18.2. The van der Waals surface area contributed by atoms with Gasteiger partial charge in [0.2, 0.25) is 18.4 Å². The summed E-state index contributed by atoms with van der Waals surface area (Å²) in [5, 5.41) is 26.6. The number of hydrogen-bond acceptors (Lipinski definition) is 11. The molecule has 12 nitrogen and oxygen atoms in total. The van der Waals surface area contributed by atoms with E-state index in [0.717, 1.165) is 24.1 Å². The summed E-state index contributed by atoms with van der Waals surface area (Å²) in [6, 6.07) is 10.2. The molecule has 282 valence electrons. The summed E-state index contributed by atoms with van der Waals surface area (Å²) >= 11 is 0. The minimum atomic E-state index is -0.862. The van der Waals surface area contributed by atoms with Crippen LogP contribution in [0.5, 0.6) is 34.5 Å². The number of rotatable bonds is 8. The number of nitrogens with zero attached hydrogens (tertiary/aromatic N) is 1. The SMILES string of the molecule is COc1ccc(C(CC(=O)NCC2c3c(cc4c(c3OC)OCO4)CCN2C)c2c(O)cc3c(c2O)C(=O)OC(C)CCCC(=O)CCCC=C3)cc1. The van der Waals surface area contributed by atoms with Crippen LogP contribution < -0.4 is 24.3 Å². The van der Waals surface area contributed by atoms with Gasteiger partial charge in [0.05, 0.1) is 26.4 Å². The van der Waals surface area contributed by atoms with E-state index in [1.807, 2.05) is 19.2 Å². The summed E-state index contributed by atoms with van der Waals surface area (Å²) in [5.74, 6) is -0.165. The number of ether oxygens (including phenoxy) is 5. The molecular weight excluding hydrogens is 680 g/mol. The molecule has 3 heterocycles. The molecule has 3 N–H and O–H groups in total. The third kappa shape index (κ3) is 8.22. The van der Waals surface area contributed by atoms with Crippen molar-refractivity contribution in [1.82, 2.24) is 10.2 Å². The maximum absolute atomic E-state index is 14.0. The number of phenols is 2. The van der Waals surface area contributed by atoms with Gasteiger partial charge in [-0.3, -0.25) is 14.5 Å². The van der Waals surface area contributed by atoms with Gasteiger partial charge in [0.15, 0.2) is 11.5 Å². The van der Waals surface area contributed by atoms with Gasteiger partial charge < -0.3 is 39.2 Å². The number of esters is 1. The maximum Gasteiger partial charge on any atom is 0.342 e. The number of amides is 1.